The van der Waals surface area contributed by atoms with Crippen LogP contribution in [0.2, 0.25) is 0 Å². The Morgan fingerprint density at radius 1 is 1.43 bits per heavy atom. The highest BCUT2D eigenvalue weighted by molar-refractivity contribution is 14.0. The van der Waals surface area contributed by atoms with Gasteiger partial charge in [0.05, 0.1) is 0 Å². The average Bonchev–Trinajstić information content (AvgIpc) is 2.89. The summed E-state index contributed by atoms with van der Waals surface area (Å²) in [4.78, 5) is 9.64. The number of thioether (sulfide) groups is 1. The molecule has 1 aliphatic heterocycles. The fourth-order valence-corrected chi connectivity index (χ4v) is 3.20. The first-order valence-corrected chi connectivity index (χ1v) is 9.34. The number of aliphatic imine (C=N–C) groups is 1. The predicted molar refractivity (Wildman–Crippen MR) is 107 cm³/mol. The summed E-state index contributed by atoms with van der Waals surface area (Å²) in [6.45, 7) is 9.78. The molecule has 1 heterocycles. The van der Waals surface area contributed by atoms with E-state index in [-0.39, 0.29) is 24.0 Å². The highest BCUT2D eigenvalue weighted by atomic mass is 127. The molecule has 4 nitrogen and oxygen atoms in total. The lowest BCUT2D eigenvalue weighted by Gasteiger charge is -2.29. The molecule has 0 amide bonds. The summed E-state index contributed by atoms with van der Waals surface area (Å²) < 4.78 is 0. The van der Waals surface area contributed by atoms with Crippen molar-refractivity contribution in [2.45, 2.75) is 39.2 Å². The predicted octanol–water partition coefficient (Wildman–Crippen LogP) is 2.74. The zero-order chi connectivity index (χ0) is 14.8. The molecule has 6 heteroatoms. The smallest absolute Gasteiger partial charge is 0.193 e. The number of hydrogen-bond donors (Lipinski definition) is 1. The van der Waals surface area contributed by atoms with Crippen LogP contribution >= 0.6 is 35.7 Å². The van der Waals surface area contributed by atoms with Gasteiger partial charge in [-0.25, -0.2) is 0 Å². The maximum Gasteiger partial charge on any atom is 0.193 e. The quantitative estimate of drug-likeness (QED) is 0.279. The van der Waals surface area contributed by atoms with Crippen molar-refractivity contribution in [1.82, 2.24) is 15.1 Å². The van der Waals surface area contributed by atoms with E-state index in [9.17, 15) is 0 Å². The first kappa shape index (κ1) is 21.3. The van der Waals surface area contributed by atoms with Crippen molar-refractivity contribution in [2.24, 2.45) is 4.99 Å². The minimum Gasteiger partial charge on any atom is -0.357 e. The van der Waals surface area contributed by atoms with Gasteiger partial charge in [0.1, 0.15) is 0 Å². The lowest BCUT2D eigenvalue weighted by Crippen LogP contribution is -2.46. The number of nitrogens with zero attached hydrogens (tertiary/aromatic N) is 3. The SMILES string of the molecule is CCNC(=NCCCSC)N(C)CC1CCCN1CC.I. The second-order valence-corrected chi connectivity index (χ2v) is 6.37. The molecule has 1 rings (SSSR count). The van der Waals surface area contributed by atoms with Gasteiger partial charge in [0, 0.05) is 32.7 Å². The molecule has 0 aromatic carbocycles. The molecule has 1 unspecified atom stereocenters. The number of halogens is 1. The van der Waals surface area contributed by atoms with Gasteiger partial charge < -0.3 is 10.2 Å². The number of rotatable bonds is 8. The molecule has 126 valence electrons. The third kappa shape index (κ3) is 7.93. The Labute approximate surface area is 152 Å². The minimum atomic E-state index is 0. The molecule has 0 aliphatic carbocycles. The Hall–Kier alpha value is 0.310. The third-order valence-corrected chi connectivity index (χ3v) is 4.55. The molecular formula is C15H33IN4S. The molecule has 1 N–H and O–H groups in total. The number of likely N-dealkylation sites (tertiary alicyclic amines) is 1. The van der Waals surface area contributed by atoms with E-state index in [4.69, 9.17) is 4.99 Å². The third-order valence-electron chi connectivity index (χ3n) is 3.85. The van der Waals surface area contributed by atoms with Crippen LogP contribution in [0.5, 0.6) is 0 Å². The van der Waals surface area contributed by atoms with E-state index in [2.05, 4.69) is 42.3 Å². The number of likely N-dealkylation sites (N-methyl/N-ethyl adjacent to an activating group) is 2. The molecule has 1 fully saturated rings. The summed E-state index contributed by atoms with van der Waals surface area (Å²) >= 11 is 1.89. The van der Waals surface area contributed by atoms with Gasteiger partial charge in [-0.3, -0.25) is 9.89 Å². The summed E-state index contributed by atoms with van der Waals surface area (Å²) in [6, 6.07) is 0.694. The van der Waals surface area contributed by atoms with Crippen molar-refractivity contribution in [1.29, 1.82) is 0 Å². The summed E-state index contributed by atoms with van der Waals surface area (Å²) in [7, 11) is 2.17. The van der Waals surface area contributed by atoms with Crippen LogP contribution in [0.3, 0.4) is 0 Å². The van der Waals surface area contributed by atoms with Crippen molar-refractivity contribution < 1.29 is 0 Å². The van der Waals surface area contributed by atoms with Gasteiger partial charge in [0.15, 0.2) is 5.96 Å². The second-order valence-electron chi connectivity index (χ2n) is 5.39. The van der Waals surface area contributed by atoms with Gasteiger partial charge in [0.2, 0.25) is 0 Å². The van der Waals surface area contributed by atoms with E-state index in [1.54, 1.807) is 0 Å². The van der Waals surface area contributed by atoms with Crippen molar-refractivity contribution in [3.8, 4) is 0 Å². The van der Waals surface area contributed by atoms with Crippen molar-refractivity contribution in [3.63, 3.8) is 0 Å². The number of nitrogens with one attached hydrogen (secondary N) is 1. The van der Waals surface area contributed by atoms with Gasteiger partial charge in [-0.15, -0.1) is 24.0 Å². The van der Waals surface area contributed by atoms with Crippen molar-refractivity contribution in [2.75, 3.05) is 51.8 Å². The average molecular weight is 428 g/mol. The summed E-state index contributed by atoms with van der Waals surface area (Å²) in [5.41, 5.74) is 0. The highest BCUT2D eigenvalue weighted by Gasteiger charge is 2.24. The Morgan fingerprint density at radius 3 is 2.81 bits per heavy atom. The van der Waals surface area contributed by atoms with Gasteiger partial charge >= 0.3 is 0 Å². The Balaban J connectivity index is 0.00000400. The number of guanidine groups is 1. The van der Waals surface area contributed by atoms with E-state index >= 15 is 0 Å². The zero-order valence-corrected chi connectivity index (χ0v) is 17.2. The van der Waals surface area contributed by atoms with E-state index in [0.29, 0.717) is 6.04 Å². The summed E-state index contributed by atoms with van der Waals surface area (Å²) in [6.07, 6.45) is 5.98. The van der Waals surface area contributed by atoms with Crippen LogP contribution in [0.4, 0.5) is 0 Å². The van der Waals surface area contributed by atoms with Crippen LogP contribution in [0.15, 0.2) is 4.99 Å². The fourth-order valence-electron chi connectivity index (χ4n) is 2.78. The largest absolute Gasteiger partial charge is 0.357 e. The molecular weight excluding hydrogens is 395 g/mol. The molecule has 1 aliphatic rings. The van der Waals surface area contributed by atoms with Gasteiger partial charge in [-0.05, 0) is 51.3 Å². The Morgan fingerprint density at radius 2 is 2.19 bits per heavy atom. The van der Waals surface area contributed by atoms with E-state index in [1.165, 1.54) is 31.7 Å². The van der Waals surface area contributed by atoms with Crippen LogP contribution in [0.25, 0.3) is 0 Å². The molecule has 0 saturated carbocycles. The number of hydrogen-bond acceptors (Lipinski definition) is 3. The van der Waals surface area contributed by atoms with Crippen LogP contribution < -0.4 is 5.32 Å². The topological polar surface area (TPSA) is 30.9 Å². The van der Waals surface area contributed by atoms with E-state index in [1.807, 2.05) is 11.8 Å². The van der Waals surface area contributed by atoms with E-state index < -0.39 is 0 Å². The molecule has 0 bridgehead atoms. The highest BCUT2D eigenvalue weighted by Crippen LogP contribution is 2.17. The zero-order valence-electron chi connectivity index (χ0n) is 14.1. The molecule has 0 aromatic rings. The summed E-state index contributed by atoms with van der Waals surface area (Å²) in [5.74, 6) is 2.26. The maximum atomic E-state index is 4.74. The van der Waals surface area contributed by atoms with Crippen LogP contribution in [-0.2, 0) is 0 Å². The van der Waals surface area contributed by atoms with Gasteiger partial charge in [0.25, 0.3) is 0 Å². The first-order chi connectivity index (χ1) is 9.72. The lowest BCUT2D eigenvalue weighted by molar-refractivity contribution is 0.232. The molecule has 0 aromatic heterocycles. The van der Waals surface area contributed by atoms with Gasteiger partial charge in [-0.2, -0.15) is 11.8 Å². The normalized spacial score (nSPS) is 19.4. The van der Waals surface area contributed by atoms with Crippen molar-refractivity contribution in [3.05, 3.63) is 0 Å². The maximum absolute atomic E-state index is 4.74. The lowest BCUT2D eigenvalue weighted by atomic mass is 10.2. The fraction of sp³-hybridized carbons (Fsp3) is 0.933. The summed E-state index contributed by atoms with van der Waals surface area (Å²) in [5, 5.41) is 3.42. The second kappa shape index (κ2) is 12.8. The molecule has 0 spiro atoms. The standard InChI is InChI=1S/C15H32N4S.HI/c1-5-16-15(17-10-8-12-20-4)18(3)13-14-9-7-11-19(14)6-2;/h14H,5-13H2,1-4H3,(H,16,17);1H. The van der Waals surface area contributed by atoms with Crippen LogP contribution in [-0.4, -0.2) is 73.6 Å². The monoisotopic (exact) mass is 428 g/mol. The Bertz CT molecular complexity index is 289. The first-order valence-electron chi connectivity index (χ1n) is 7.95. The van der Waals surface area contributed by atoms with Crippen LogP contribution in [0.1, 0.15) is 33.1 Å². The van der Waals surface area contributed by atoms with Crippen molar-refractivity contribution >= 4 is 41.7 Å². The minimum absolute atomic E-state index is 0. The van der Waals surface area contributed by atoms with Gasteiger partial charge in [-0.1, -0.05) is 6.92 Å². The molecule has 1 saturated heterocycles. The Kier molecular flexibility index (Phi) is 13.0. The molecule has 21 heavy (non-hydrogen) atoms. The van der Waals surface area contributed by atoms with E-state index in [0.717, 1.165) is 32.0 Å². The van der Waals surface area contributed by atoms with Crippen LogP contribution in [0, 0.1) is 0 Å². The molecule has 0 radical (unpaired) electrons. The molecule has 1 atom stereocenters.